The van der Waals surface area contributed by atoms with Gasteiger partial charge in [-0.15, -0.1) is 0 Å². The molecule has 2 atom stereocenters. The molecule has 14 heteroatoms. The molecule has 62 heavy (non-hydrogen) atoms. The van der Waals surface area contributed by atoms with Crippen LogP contribution in [0.15, 0.2) is 54.6 Å². The van der Waals surface area contributed by atoms with Crippen molar-refractivity contribution in [2.75, 3.05) is 31.1 Å². The van der Waals surface area contributed by atoms with Crippen LogP contribution >= 0.6 is 0 Å². The SMILES string of the molecule is Cc1cc(O[C@H]2C(C)(C)[C@H](NC(=O)c3ccc(N4CCO[C@H](CN(C(C)C)[C@H]5C[C@@H](Oc6ccc(C(=O)N[C@H]7CCC(=O)NC7=O)c(F)c6)C5)C4)cc3)C2(C)C)cc(C)c1C#N. The van der Waals surface area contributed by atoms with Crippen LogP contribution in [0.3, 0.4) is 0 Å². The van der Waals surface area contributed by atoms with Crippen molar-refractivity contribution in [3.63, 3.8) is 0 Å². The van der Waals surface area contributed by atoms with Crippen LogP contribution < -0.4 is 30.3 Å². The topological polar surface area (TPSA) is 162 Å². The third-order valence-corrected chi connectivity index (χ3v) is 13.3. The van der Waals surface area contributed by atoms with Gasteiger partial charge in [0.1, 0.15) is 35.6 Å². The minimum absolute atomic E-state index is 0.0302. The molecule has 2 heterocycles. The molecular formula is C48H59FN6O7. The quantitative estimate of drug-likeness (QED) is 0.174. The van der Waals surface area contributed by atoms with Gasteiger partial charge in [-0.05, 0) is 93.8 Å². The second-order valence-electron chi connectivity index (χ2n) is 18.9. The summed E-state index contributed by atoms with van der Waals surface area (Å²) in [5, 5.41) is 17.5. The number of imide groups is 1. The van der Waals surface area contributed by atoms with Gasteiger partial charge in [0.05, 0.1) is 29.9 Å². The van der Waals surface area contributed by atoms with Crippen LogP contribution in [0.5, 0.6) is 11.5 Å². The van der Waals surface area contributed by atoms with Gasteiger partial charge in [-0.3, -0.25) is 29.4 Å². The molecule has 2 saturated heterocycles. The molecule has 4 amide bonds. The van der Waals surface area contributed by atoms with Crippen LogP contribution in [-0.2, 0) is 14.3 Å². The Balaban J connectivity index is 0.887. The number of amides is 4. The largest absolute Gasteiger partial charge is 0.490 e. The first kappa shape index (κ1) is 44.5. The lowest BCUT2D eigenvalue weighted by molar-refractivity contribution is -0.164. The third kappa shape index (κ3) is 9.15. The molecule has 0 bridgehead atoms. The summed E-state index contributed by atoms with van der Waals surface area (Å²) >= 11 is 0. The predicted molar refractivity (Wildman–Crippen MR) is 232 cm³/mol. The number of morpholine rings is 1. The van der Waals surface area contributed by atoms with Crippen molar-refractivity contribution in [1.82, 2.24) is 20.9 Å². The van der Waals surface area contributed by atoms with E-state index in [1.807, 2.05) is 50.2 Å². The Morgan fingerprint density at radius 3 is 2.26 bits per heavy atom. The van der Waals surface area contributed by atoms with Gasteiger partial charge >= 0.3 is 0 Å². The highest BCUT2D eigenvalue weighted by molar-refractivity contribution is 6.03. The molecule has 2 aliphatic heterocycles. The number of nitriles is 1. The summed E-state index contributed by atoms with van der Waals surface area (Å²) in [7, 11) is 0. The Labute approximate surface area is 363 Å². The van der Waals surface area contributed by atoms with Gasteiger partial charge in [0.15, 0.2) is 0 Å². The molecule has 0 spiro atoms. The van der Waals surface area contributed by atoms with E-state index in [4.69, 9.17) is 14.2 Å². The fourth-order valence-electron chi connectivity index (χ4n) is 10.1. The smallest absolute Gasteiger partial charge is 0.254 e. The number of carbonyl (C=O) groups excluding carboxylic acids is 4. The molecule has 2 saturated carbocycles. The molecule has 0 aromatic heterocycles. The summed E-state index contributed by atoms with van der Waals surface area (Å²) < 4.78 is 34.0. The molecule has 0 unspecified atom stereocenters. The van der Waals surface area contributed by atoms with E-state index in [2.05, 4.69) is 73.4 Å². The Kier molecular flexibility index (Phi) is 12.7. The van der Waals surface area contributed by atoms with Gasteiger partial charge in [-0.1, -0.05) is 27.7 Å². The molecule has 13 nitrogen and oxygen atoms in total. The second kappa shape index (κ2) is 17.7. The fraction of sp³-hybridized carbons (Fsp3) is 0.521. The number of piperidine rings is 1. The summed E-state index contributed by atoms with van der Waals surface area (Å²) in [4.78, 5) is 54.5. The molecule has 4 fully saturated rings. The van der Waals surface area contributed by atoms with E-state index in [1.54, 1.807) is 6.07 Å². The Morgan fingerprint density at radius 1 is 0.968 bits per heavy atom. The normalized spacial score (nSPS) is 25.2. The minimum atomic E-state index is -0.896. The van der Waals surface area contributed by atoms with E-state index >= 15 is 4.39 Å². The van der Waals surface area contributed by atoms with Crippen LogP contribution in [0.1, 0.15) is 105 Å². The molecule has 7 rings (SSSR count). The first-order chi connectivity index (χ1) is 29.3. The summed E-state index contributed by atoms with van der Waals surface area (Å²) in [5.41, 5.74) is 3.17. The van der Waals surface area contributed by atoms with E-state index in [9.17, 15) is 24.4 Å². The van der Waals surface area contributed by atoms with Crippen molar-refractivity contribution >= 4 is 29.3 Å². The maximum atomic E-state index is 15.0. The van der Waals surface area contributed by atoms with Crippen molar-refractivity contribution in [2.24, 2.45) is 10.8 Å². The maximum Gasteiger partial charge on any atom is 0.254 e. The maximum absolute atomic E-state index is 15.0. The molecule has 0 radical (unpaired) electrons. The third-order valence-electron chi connectivity index (χ3n) is 13.3. The zero-order valence-electron chi connectivity index (χ0n) is 37.0. The number of carbonyl (C=O) groups is 4. The van der Waals surface area contributed by atoms with Gasteiger partial charge in [0.2, 0.25) is 11.8 Å². The van der Waals surface area contributed by atoms with Gasteiger partial charge in [0, 0.05) is 85.2 Å². The summed E-state index contributed by atoms with van der Waals surface area (Å²) in [6.45, 7) is 19.4. The molecule has 3 aromatic rings. The van der Waals surface area contributed by atoms with E-state index in [1.165, 1.54) is 12.1 Å². The van der Waals surface area contributed by atoms with E-state index < -0.39 is 29.6 Å². The highest BCUT2D eigenvalue weighted by atomic mass is 19.1. The van der Waals surface area contributed by atoms with Gasteiger partial charge in [-0.2, -0.15) is 5.26 Å². The van der Waals surface area contributed by atoms with Crippen molar-refractivity contribution in [1.29, 1.82) is 5.26 Å². The van der Waals surface area contributed by atoms with Crippen LogP contribution in [-0.4, -0.2) is 97.2 Å². The fourth-order valence-corrected chi connectivity index (χ4v) is 10.1. The number of rotatable bonds is 13. The van der Waals surface area contributed by atoms with E-state index in [0.717, 1.165) is 48.5 Å². The van der Waals surface area contributed by atoms with Gasteiger partial charge < -0.3 is 29.7 Å². The number of hydrogen-bond acceptors (Lipinski definition) is 10. The number of hydrogen-bond donors (Lipinski definition) is 3. The first-order valence-corrected chi connectivity index (χ1v) is 21.7. The average molecular weight is 851 g/mol. The molecule has 3 aromatic carbocycles. The molecular weight excluding hydrogens is 792 g/mol. The highest BCUT2D eigenvalue weighted by Gasteiger charge is 2.64. The Hall–Kier alpha value is -5.52. The lowest BCUT2D eigenvalue weighted by atomic mass is 9.49. The van der Waals surface area contributed by atoms with Crippen molar-refractivity contribution < 1.29 is 37.8 Å². The van der Waals surface area contributed by atoms with Crippen LogP contribution in [0, 0.1) is 41.8 Å². The molecule has 330 valence electrons. The Bertz CT molecular complexity index is 2210. The number of ether oxygens (including phenoxy) is 3. The van der Waals surface area contributed by atoms with Crippen LogP contribution in [0.2, 0.25) is 0 Å². The van der Waals surface area contributed by atoms with E-state index in [0.29, 0.717) is 30.0 Å². The van der Waals surface area contributed by atoms with Crippen molar-refractivity contribution in [3.8, 4) is 17.6 Å². The average Bonchev–Trinajstić information content (AvgIpc) is 3.20. The minimum Gasteiger partial charge on any atom is -0.490 e. The monoisotopic (exact) mass is 850 g/mol. The number of anilines is 1. The second-order valence-corrected chi connectivity index (χ2v) is 18.9. The molecule has 3 N–H and O–H groups in total. The lowest BCUT2D eigenvalue weighted by Gasteiger charge is -2.63. The summed E-state index contributed by atoms with van der Waals surface area (Å²) in [5.74, 6) is -1.54. The summed E-state index contributed by atoms with van der Waals surface area (Å²) in [6.07, 6.45) is 1.50. The number of halogens is 1. The first-order valence-electron chi connectivity index (χ1n) is 21.7. The summed E-state index contributed by atoms with van der Waals surface area (Å²) in [6, 6.07) is 17.5. The predicted octanol–water partition coefficient (Wildman–Crippen LogP) is 5.99. The van der Waals surface area contributed by atoms with Crippen molar-refractivity contribution in [2.45, 2.75) is 124 Å². The number of nitrogens with one attached hydrogen (secondary N) is 3. The number of benzene rings is 3. The van der Waals surface area contributed by atoms with Crippen molar-refractivity contribution in [3.05, 3.63) is 88.2 Å². The number of aryl methyl sites for hydroxylation is 2. The zero-order chi connectivity index (χ0) is 44.7. The van der Waals surface area contributed by atoms with Gasteiger partial charge in [-0.25, -0.2) is 4.39 Å². The standard InChI is InChI=1S/C48H59FN6O7/c1-27(2)55(32-21-35(22-32)61-33-13-14-37(39(49)23-33)43(58)51-40-15-16-41(56)52-44(40)59)26-36-25-54(17-18-60-36)31-11-9-30(10-12-31)42(57)53-45-47(5,6)46(48(45,7)8)62-34-19-28(3)38(24-50)29(4)20-34/h9-14,19-20,23,27,32,35-36,40,45-46H,15-18,21-22,25-26H2,1-8H3,(H,51,58)(H,53,57)(H,52,56,59)/t32-,35+,36-,40-,45-,46-/m0/s1. The Morgan fingerprint density at radius 2 is 1.65 bits per heavy atom. The van der Waals surface area contributed by atoms with Crippen LogP contribution in [0.4, 0.5) is 10.1 Å². The zero-order valence-corrected chi connectivity index (χ0v) is 37.0. The molecule has 2 aliphatic carbocycles. The van der Waals surface area contributed by atoms with Crippen LogP contribution in [0.25, 0.3) is 0 Å². The van der Waals surface area contributed by atoms with E-state index in [-0.39, 0.29) is 71.6 Å². The highest BCUT2D eigenvalue weighted by Crippen LogP contribution is 2.55. The molecule has 4 aliphatic rings. The lowest BCUT2D eigenvalue weighted by Crippen LogP contribution is -2.74. The number of nitrogens with zero attached hydrogens (tertiary/aromatic N) is 3. The van der Waals surface area contributed by atoms with Gasteiger partial charge in [0.25, 0.3) is 11.8 Å².